The van der Waals surface area contributed by atoms with Crippen molar-refractivity contribution < 1.29 is 0 Å². The average molecular weight is 211 g/mol. The van der Waals surface area contributed by atoms with Crippen LogP contribution in [-0.4, -0.2) is 15.4 Å². The van der Waals surface area contributed by atoms with Gasteiger partial charge in [-0.2, -0.15) is 4.37 Å². The van der Waals surface area contributed by atoms with Gasteiger partial charge in [-0.15, -0.1) is 0 Å². The molecule has 1 aliphatic carbocycles. The minimum absolute atomic E-state index is 0.433. The van der Waals surface area contributed by atoms with Gasteiger partial charge in [0.1, 0.15) is 5.82 Å². The molecule has 4 heteroatoms. The molecule has 1 heterocycles. The van der Waals surface area contributed by atoms with Gasteiger partial charge in [-0.3, -0.25) is 0 Å². The van der Waals surface area contributed by atoms with Crippen LogP contribution in [0.3, 0.4) is 0 Å². The Kier molecular flexibility index (Phi) is 2.72. The maximum Gasteiger partial charge on any atom is 0.202 e. The van der Waals surface area contributed by atoms with Gasteiger partial charge in [0.05, 0.1) is 0 Å². The SMILES string of the molecule is CCC1CC1Nc1nc(C(C)C)ns1. The smallest absolute Gasteiger partial charge is 0.202 e. The molecular formula is C10H17N3S. The minimum atomic E-state index is 0.433. The zero-order valence-corrected chi connectivity index (χ0v) is 9.77. The van der Waals surface area contributed by atoms with Gasteiger partial charge in [-0.25, -0.2) is 4.98 Å². The molecule has 1 aromatic heterocycles. The predicted molar refractivity (Wildman–Crippen MR) is 59.8 cm³/mol. The van der Waals surface area contributed by atoms with Crippen molar-refractivity contribution in [3.63, 3.8) is 0 Å². The first-order valence-electron chi connectivity index (χ1n) is 5.30. The summed E-state index contributed by atoms with van der Waals surface area (Å²) in [5.74, 6) is 2.26. The number of nitrogens with one attached hydrogen (secondary N) is 1. The molecule has 1 aromatic rings. The van der Waals surface area contributed by atoms with Crippen molar-refractivity contribution in [1.29, 1.82) is 0 Å². The monoisotopic (exact) mass is 211 g/mol. The summed E-state index contributed by atoms with van der Waals surface area (Å²) in [5, 5.41) is 4.43. The molecule has 1 N–H and O–H groups in total. The summed E-state index contributed by atoms with van der Waals surface area (Å²) in [5.41, 5.74) is 0. The molecule has 0 spiro atoms. The van der Waals surface area contributed by atoms with E-state index >= 15 is 0 Å². The van der Waals surface area contributed by atoms with Crippen LogP contribution in [0, 0.1) is 5.92 Å². The first-order valence-corrected chi connectivity index (χ1v) is 6.08. The fourth-order valence-corrected chi connectivity index (χ4v) is 2.33. The Morgan fingerprint density at radius 2 is 2.36 bits per heavy atom. The lowest BCUT2D eigenvalue weighted by Gasteiger charge is -1.98. The second-order valence-corrected chi connectivity index (χ2v) is 5.02. The van der Waals surface area contributed by atoms with Crippen LogP contribution < -0.4 is 5.32 Å². The number of rotatable bonds is 4. The molecule has 3 nitrogen and oxygen atoms in total. The molecule has 14 heavy (non-hydrogen) atoms. The van der Waals surface area contributed by atoms with Gasteiger partial charge in [0.15, 0.2) is 0 Å². The van der Waals surface area contributed by atoms with Crippen molar-refractivity contribution in [3.05, 3.63) is 5.82 Å². The Bertz CT molecular complexity index is 308. The Hall–Kier alpha value is -0.640. The average Bonchev–Trinajstić information content (AvgIpc) is 2.71. The van der Waals surface area contributed by atoms with E-state index in [1.165, 1.54) is 24.4 Å². The predicted octanol–water partition coefficient (Wildman–Crippen LogP) is 2.87. The molecule has 1 aliphatic rings. The fourth-order valence-electron chi connectivity index (χ4n) is 1.56. The van der Waals surface area contributed by atoms with Crippen molar-refractivity contribution in [2.75, 3.05) is 5.32 Å². The van der Waals surface area contributed by atoms with E-state index in [0.29, 0.717) is 12.0 Å². The maximum atomic E-state index is 4.45. The van der Waals surface area contributed by atoms with Crippen molar-refractivity contribution in [3.8, 4) is 0 Å². The normalized spacial score (nSPS) is 25.4. The summed E-state index contributed by atoms with van der Waals surface area (Å²) in [6.45, 7) is 6.49. The Labute approximate surface area is 89.1 Å². The summed E-state index contributed by atoms with van der Waals surface area (Å²) in [4.78, 5) is 4.45. The van der Waals surface area contributed by atoms with E-state index in [9.17, 15) is 0 Å². The Balaban J connectivity index is 1.91. The van der Waals surface area contributed by atoms with Gasteiger partial charge in [0.2, 0.25) is 5.13 Å². The van der Waals surface area contributed by atoms with E-state index in [-0.39, 0.29) is 0 Å². The number of anilines is 1. The van der Waals surface area contributed by atoms with Crippen LogP contribution in [0.1, 0.15) is 45.4 Å². The van der Waals surface area contributed by atoms with Gasteiger partial charge < -0.3 is 5.32 Å². The lowest BCUT2D eigenvalue weighted by molar-refractivity contribution is 0.771. The highest BCUT2D eigenvalue weighted by Gasteiger charge is 2.35. The van der Waals surface area contributed by atoms with Crippen molar-refractivity contribution in [1.82, 2.24) is 9.36 Å². The zero-order chi connectivity index (χ0) is 10.1. The molecule has 2 unspecified atom stereocenters. The standard InChI is InChI=1S/C10H17N3S/c1-4-7-5-8(7)11-10-12-9(6(2)3)13-14-10/h6-8H,4-5H2,1-3H3,(H,11,12,13). The summed E-state index contributed by atoms with van der Waals surface area (Å²) < 4.78 is 4.32. The molecule has 0 saturated heterocycles. The zero-order valence-electron chi connectivity index (χ0n) is 8.95. The maximum absolute atomic E-state index is 4.45. The van der Waals surface area contributed by atoms with Crippen LogP contribution in [0.15, 0.2) is 0 Å². The first-order chi connectivity index (χ1) is 6.70. The van der Waals surface area contributed by atoms with Gasteiger partial charge in [0, 0.05) is 23.5 Å². The third kappa shape index (κ3) is 2.05. The van der Waals surface area contributed by atoms with Gasteiger partial charge in [-0.1, -0.05) is 27.2 Å². The van der Waals surface area contributed by atoms with Gasteiger partial charge >= 0.3 is 0 Å². The topological polar surface area (TPSA) is 37.8 Å². The Morgan fingerprint density at radius 1 is 1.57 bits per heavy atom. The lowest BCUT2D eigenvalue weighted by atomic mass is 10.2. The Morgan fingerprint density at radius 3 is 2.86 bits per heavy atom. The van der Waals surface area contributed by atoms with Crippen LogP contribution in [0.25, 0.3) is 0 Å². The second-order valence-electron chi connectivity index (χ2n) is 4.27. The number of hydrogen-bond acceptors (Lipinski definition) is 4. The third-order valence-corrected chi connectivity index (χ3v) is 3.37. The summed E-state index contributed by atoms with van der Waals surface area (Å²) in [6, 6.07) is 0.660. The van der Waals surface area contributed by atoms with Gasteiger partial charge in [0.25, 0.3) is 0 Å². The highest BCUT2D eigenvalue weighted by atomic mass is 32.1. The summed E-state index contributed by atoms with van der Waals surface area (Å²) in [7, 11) is 0. The largest absolute Gasteiger partial charge is 0.357 e. The molecule has 0 bridgehead atoms. The molecular weight excluding hydrogens is 194 g/mol. The van der Waals surface area contributed by atoms with E-state index in [1.807, 2.05) is 0 Å². The molecule has 1 saturated carbocycles. The molecule has 0 amide bonds. The van der Waals surface area contributed by atoms with Crippen LogP contribution in [0.4, 0.5) is 5.13 Å². The molecule has 2 atom stereocenters. The number of nitrogens with zero attached hydrogens (tertiary/aromatic N) is 2. The highest BCUT2D eigenvalue weighted by Crippen LogP contribution is 2.36. The fraction of sp³-hybridized carbons (Fsp3) is 0.800. The third-order valence-electron chi connectivity index (χ3n) is 2.71. The van der Waals surface area contributed by atoms with Crippen LogP contribution in [-0.2, 0) is 0 Å². The molecule has 0 aliphatic heterocycles. The van der Waals surface area contributed by atoms with E-state index < -0.39 is 0 Å². The number of aromatic nitrogens is 2. The van der Waals surface area contributed by atoms with E-state index in [0.717, 1.165) is 16.9 Å². The van der Waals surface area contributed by atoms with Crippen molar-refractivity contribution >= 4 is 16.7 Å². The number of hydrogen-bond donors (Lipinski definition) is 1. The van der Waals surface area contributed by atoms with Crippen molar-refractivity contribution in [2.24, 2.45) is 5.92 Å². The van der Waals surface area contributed by atoms with Crippen LogP contribution >= 0.6 is 11.5 Å². The minimum Gasteiger partial charge on any atom is -0.357 e. The summed E-state index contributed by atoms with van der Waals surface area (Å²) in [6.07, 6.45) is 2.57. The van der Waals surface area contributed by atoms with E-state index in [4.69, 9.17) is 0 Å². The molecule has 2 rings (SSSR count). The van der Waals surface area contributed by atoms with E-state index in [2.05, 4.69) is 35.4 Å². The van der Waals surface area contributed by atoms with E-state index in [1.54, 1.807) is 0 Å². The molecule has 0 aromatic carbocycles. The quantitative estimate of drug-likeness (QED) is 0.832. The molecule has 0 radical (unpaired) electrons. The van der Waals surface area contributed by atoms with Crippen LogP contribution in [0.2, 0.25) is 0 Å². The van der Waals surface area contributed by atoms with Gasteiger partial charge in [-0.05, 0) is 12.3 Å². The lowest BCUT2D eigenvalue weighted by Crippen LogP contribution is -2.04. The van der Waals surface area contributed by atoms with Crippen LogP contribution in [0.5, 0.6) is 0 Å². The molecule has 78 valence electrons. The molecule has 1 fully saturated rings. The highest BCUT2D eigenvalue weighted by molar-refractivity contribution is 7.09. The first kappa shape index (κ1) is 9.90. The second kappa shape index (κ2) is 3.85. The van der Waals surface area contributed by atoms with Crippen molar-refractivity contribution in [2.45, 2.75) is 45.6 Å². The summed E-state index contributed by atoms with van der Waals surface area (Å²) >= 11 is 1.49.